The average molecular weight is 421 g/mol. The predicted octanol–water partition coefficient (Wildman–Crippen LogP) is 6.90. The molecule has 3 heteroatoms. The van der Waals surface area contributed by atoms with Crippen molar-refractivity contribution < 1.29 is 4.79 Å². The molecule has 1 spiro atoms. The highest BCUT2D eigenvalue weighted by atomic mass is 16.2. The molecule has 0 radical (unpaired) electrons. The highest BCUT2D eigenvalue weighted by molar-refractivity contribution is 5.77. The van der Waals surface area contributed by atoms with E-state index in [-0.39, 0.29) is 0 Å². The fraction of sp³-hybridized carbons (Fsp3) is 0.963. The molecule has 0 N–H and O–H groups in total. The van der Waals surface area contributed by atoms with Gasteiger partial charge in [-0.1, -0.05) is 73.1 Å². The van der Waals surface area contributed by atoms with E-state index < -0.39 is 0 Å². The van der Waals surface area contributed by atoms with Gasteiger partial charge in [-0.15, -0.1) is 0 Å². The minimum atomic E-state index is 0.311. The first kappa shape index (κ1) is 25.7. The van der Waals surface area contributed by atoms with Gasteiger partial charge < -0.3 is 9.80 Å². The van der Waals surface area contributed by atoms with Crippen molar-refractivity contribution in [2.24, 2.45) is 16.7 Å². The van der Waals surface area contributed by atoms with Crippen LogP contribution in [0.4, 0.5) is 0 Å². The lowest BCUT2D eigenvalue weighted by Crippen LogP contribution is -2.62. The molecular weight excluding hydrogens is 368 g/mol. The van der Waals surface area contributed by atoms with Gasteiger partial charge in [0.15, 0.2) is 0 Å². The molecule has 3 nitrogen and oxygen atoms in total. The smallest absolute Gasteiger partial charge is 0.222 e. The monoisotopic (exact) mass is 420 g/mol. The van der Waals surface area contributed by atoms with E-state index in [1.807, 2.05) is 0 Å². The Morgan fingerprint density at radius 3 is 2.00 bits per heavy atom. The summed E-state index contributed by atoms with van der Waals surface area (Å²) in [5, 5.41) is 0. The van der Waals surface area contributed by atoms with Crippen molar-refractivity contribution in [2.45, 2.75) is 118 Å². The van der Waals surface area contributed by atoms with Gasteiger partial charge in [0.2, 0.25) is 5.91 Å². The molecule has 0 bridgehead atoms. The molecule has 0 aliphatic carbocycles. The van der Waals surface area contributed by atoms with Crippen molar-refractivity contribution >= 4 is 5.91 Å². The predicted molar refractivity (Wildman–Crippen MR) is 130 cm³/mol. The summed E-state index contributed by atoms with van der Waals surface area (Å²) in [5.41, 5.74) is 0.762. The fourth-order valence-corrected chi connectivity index (χ4v) is 5.53. The van der Waals surface area contributed by atoms with Crippen LogP contribution in [0.5, 0.6) is 0 Å². The minimum absolute atomic E-state index is 0.311. The largest absolute Gasteiger partial charge is 0.341 e. The van der Waals surface area contributed by atoms with Crippen LogP contribution in [-0.2, 0) is 4.79 Å². The number of carbonyl (C=O) groups is 1. The van der Waals surface area contributed by atoms with Gasteiger partial charge in [-0.25, -0.2) is 0 Å². The van der Waals surface area contributed by atoms with Crippen LogP contribution in [0, 0.1) is 16.7 Å². The van der Waals surface area contributed by atoms with Crippen molar-refractivity contribution in [3.05, 3.63) is 0 Å². The van der Waals surface area contributed by atoms with Crippen LogP contribution in [0.15, 0.2) is 0 Å². The van der Waals surface area contributed by atoms with E-state index in [4.69, 9.17) is 0 Å². The highest BCUT2D eigenvalue weighted by Crippen LogP contribution is 2.41. The highest BCUT2D eigenvalue weighted by Gasteiger charge is 2.46. The van der Waals surface area contributed by atoms with Crippen LogP contribution in [0.1, 0.15) is 118 Å². The Labute approximate surface area is 188 Å². The summed E-state index contributed by atoms with van der Waals surface area (Å²) in [6, 6.07) is 0. The topological polar surface area (TPSA) is 23.6 Å². The second-order valence-corrected chi connectivity index (χ2v) is 11.5. The molecule has 0 aromatic rings. The van der Waals surface area contributed by atoms with E-state index in [2.05, 4.69) is 44.4 Å². The minimum Gasteiger partial charge on any atom is -0.341 e. The average Bonchev–Trinajstić information content (AvgIpc) is 2.71. The van der Waals surface area contributed by atoms with Crippen molar-refractivity contribution in [3.8, 4) is 0 Å². The van der Waals surface area contributed by atoms with E-state index in [1.54, 1.807) is 0 Å². The summed E-state index contributed by atoms with van der Waals surface area (Å²) in [4.78, 5) is 17.6. The first-order chi connectivity index (χ1) is 14.3. The van der Waals surface area contributed by atoms with Gasteiger partial charge in [-0.05, 0) is 62.9 Å². The molecule has 2 heterocycles. The van der Waals surface area contributed by atoms with Crippen molar-refractivity contribution in [2.75, 3.05) is 32.7 Å². The molecule has 176 valence electrons. The number of unbranched alkanes of at least 4 members (excludes halogenated alkanes) is 3. The third-order valence-electron chi connectivity index (χ3n) is 7.99. The molecule has 2 saturated heterocycles. The molecule has 2 rings (SSSR count). The maximum Gasteiger partial charge on any atom is 0.222 e. The molecule has 30 heavy (non-hydrogen) atoms. The zero-order valence-corrected chi connectivity index (χ0v) is 21.1. The Morgan fingerprint density at radius 2 is 1.47 bits per heavy atom. The van der Waals surface area contributed by atoms with Gasteiger partial charge in [-0.2, -0.15) is 0 Å². The number of likely N-dealkylation sites (tertiary alicyclic amines) is 2. The molecule has 2 aliphatic heterocycles. The first-order valence-corrected chi connectivity index (χ1v) is 13.3. The molecule has 0 unspecified atom stereocenters. The normalized spacial score (nSPS) is 19.5. The molecule has 1 amide bonds. The fourth-order valence-electron chi connectivity index (χ4n) is 5.53. The zero-order chi connectivity index (χ0) is 22.0. The molecule has 0 aromatic heterocycles. The molecule has 0 atom stereocenters. The van der Waals surface area contributed by atoms with Crippen molar-refractivity contribution in [1.29, 1.82) is 0 Å². The summed E-state index contributed by atoms with van der Waals surface area (Å²) in [5.74, 6) is 1.31. The molecule has 0 aromatic carbocycles. The summed E-state index contributed by atoms with van der Waals surface area (Å²) < 4.78 is 0. The molecular formula is C27H52N2O. The van der Waals surface area contributed by atoms with E-state index in [0.717, 1.165) is 31.8 Å². The second-order valence-electron chi connectivity index (χ2n) is 11.5. The van der Waals surface area contributed by atoms with E-state index in [9.17, 15) is 4.79 Å². The Bertz CT molecular complexity index is 477. The maximum atomic E-state index is 12.7. The van der Waals surface area contributed by atoms with Crippen LogP contribution >= 0.6 is 0 Å². The molecule has 2 aliphatic rings. The standard InChI is InChI=1S/C27H52N2O/c1-6-9-12-24(13-10-7-2)21-28-19-17-27(18-20-28)22-29(23-27)25(30)14-16-26(4,5)15-11-8-3/h24H,6-23H2,1-5H3. The Balaban J connectivity index is 1.68. The van der Waals surface area contributed by atoms with E-state index >= 15 is 0 Å². The van der Waals surface area contributed by atoms with E-state index in [1.165, 1.54) is 90.3 Å². The molecule has 0 saturated carbocycles. The third-order valence-corrected chi connectivity index (χ3v) is 7.99. The van der Waals surface area contributed by atoms with Gasteiger partial charge in [0.05, 0.1) is 0 Å². The van der Waals surface area contributed by atoms with Gasteiger partial charge in [0.25, 0.3) is 0 Å². The lowest BCUT2D eigenvalue weighted by atomic mass is 9.71. The van der Waals surface area contributed by atoms with Gasteiger partial charge in [0, 0.05) is 31.5 Å². The number of nitrogens with zero attached hydrogens (tertiary/aromatic N) is 2. The van der Waals surface area contributed by atoms with Crippen molar-refractivity contribution in [1.82, 2.24) is 9.80 Å². The lowest BCUT2D eigenvalue weighted by Gasteiger charge is -2.54. The Hall–Kier alpha value is -0.570. The van der Waals surface area contributed by atoms with E-state index in [0.29, 0.717) is 16.7 Å². The summed E-state index contributed by atoms with van der Waals surface area (Å²) in [6.45, 7) is 17.4. The number of hydrogen-bond donors (Lipinski definition) is 0. The number of hydrogen-bond acceptors (Lipinski definition) is 2. The summed E-state index contributed by atoms with van der Waals surface area (Å²) in [7, 11) is 0. The number of piperidine rings is 1. The Kier molecular flexibility index (Phi) is 10.7. The Morgan fingerprint density at radius 1 is 0.900 bits per heavy atom. The maximum absolute atomic E-state index is 12.7. The van der Waals surface area contributed by atoms with Crippen LogP contribution in [-0.4, -0.2) is 48.4 Å². The quantitative estimate of drug-likeness (QED) is 0.305. The zero-order valence-electron chi connectivity index (χ0n) is 21.1. The molecule has 2 fully saturated rings. The van der Waals surface area contributed by atoms with Crippen LogP contribution < -0.4 is 0 Å². The van der Waals surface area contributed by atoms with Crippen LogP contribution in [0.3, 0.4) is 0 Å². The SMILES string of the molecule is CCCCC(CCCC)CN1CCC2(CC1)CN(C(=O)CCC(C)(C)CCCC)C2. The number of carbonyl (C=O) groups excluding carboxylic acids is 1. The van der Waals surface area contributed by atoms with Crippen molar-refractivity contribution in [3.63, 3.8) is 0 Å². The summed E-state index contributed by atoms with van der Waals surface area (Å²) >= 11 is 0. The van der Waals surface area contributed by atoms with Gasteiger partial charge in [-0.3, -0.25) is 4.79 Å². The first-order valence-electron chi connectivity index (χ1n) is 13.3. The van der Waals surface area contributed by atoms with Crippen LogP contribution in [0.2, 0.25) is 0 Å². The summed E-state index contributed by atoms with van der Waals surface area (Å²) in [6.07, 6.45) is 16.4. The van der Waals surface area contributed by atoms with Crippen LogP contribution in [0.25, 0.3) is 0 Å². The number of amides is 1. The number of rotatable bonds is 14. The lowest BCUT2D eigenvalue weighted by molar-refractivity contribution is -0.147. The third kappa shape index (κ3) is 8.17. The van der Waals surface area contributed by atoms with Gasteiger partial charge in [0.1, 0.15) is 0 Å². The van der Waals surface area contributed by atoms with Gasteiger partial charge >= 0.3 is 0 Å². The second kappa shape index (κ2) is 12.5.